The van der Waals surface area contributed by atoms with Crippen LogP contribution in [0.1, 0.15) is 30.1 Å². The molecule has 0 atom stereocenters. The van der Waals surface area contributed by atoms with Crippen molar-refractivity contribution in [1.82, 2.24) is 14.8 Å². The van der Waals surface area contributed by atoms with Gasteiger partial charge in [0.2, 0.25) is 0 Å². The number of anilines is 2. The van der Waals surface area contributed by atoms with Crippen LogP contribution in [0, 0.1) is 0 Å². The molecule has 1 saturated heterocycles. The molecule has 0 unspecified atom stereocenters. The van der Waals surface area contributed by atoms with Gasteiger partial charge < -0.3 is 24.6 Å². The van der Waals surface area contributed by atoms with E-state index in [2.05, 4.69) is 10.3 Å². The highest BCUT2D eigenvalue weighted by molar-refractivity contribution is 6.35. The van der Waals surface area contributed by atoms with E-state index in [-0.39, 0.29) is 12.0 Å². The fraction of sp³-hybridized carbons (Fsp3) is 0.346. The maximum Gasteiger partial charge on any atom is 0.409 e. The lowest BCUT2D eigenvalue weighted by molar-refractivity contribution is 0.0558. The number of carbonyl (C=O) groups is 2. The summed E-state index contributed by atoms with van der Waals surface area (Å²) in [6.45, 7) is 4.28. The van der Waals surface area contributed by atoms with Gasteiger partial charge in [-0.15, -0.1) is 0 Å². The zero-order valence-corrected chi connectivity index (χ0v) is 20.7. The van der Waals surface area contributed by atoms with Gasteiger partial charge in [0.1, 0.15) is 11.6 Å². The first-order valence-electron chi connectivity index (χ1n) is 11.7. The Balaban J connectivity index is 1.44. The molecule has 0 aliphatic carbocycles. The molecule has 1 aromatic heterocycles. The largest absolute Gasteiger partial charge is 0.497 e. The summed E-state index contributed by atoms with van der Waals surface area (Å²) in [5, 5.41) is 4.55. The van der Waals surface area contributed by atoms with E-state index in [0.717, 1.165) is 29.7 Å². The third kappa shape index (κ3) is 5.95. The molecule has 1 N–H and O–H groups in total. The average Bonchev–Trinajstić information content (AvgIpc) is 2.88. The molecule has 1 fully saturated rings. The van der Waals surface area contributed by atoms with Gasteiger partial charge in [0.15, 0.2) is 0 Å². The summed E-state index contributed by atoms with van der Waals surface area (Å²) in [4.78, 5) is 33.4. The Bertz CT molecular complexity index is 1190. The number of benzene rings is 2. The second-order valence-corrected chi connectivity index (χ2v) is 8.73. The molecule has 0 radical (unpaired) electrons. The van der Waals surface area contributed by atoms with Crippen molar-refractivity contribution >= 4 is 46.0 Å². The number of nitrogens with one attached hydrogen (secondary N) is 1. The average molecular weight is 497 g/mol. The van der Waals surface area contributed by atoms with Gasteiger partial charge in [0.25, 0.3) is 5.91 Å². The number of carbonyl (C=O) groups excluding carboxylic acids is 2. The van der Waals surface area contributed by atoms with Gasteiger partial charge in [0.05, 0.1) is 24.3 Å². The quantitative estimate of drug-likeness (QED) is 0.445. The third-order valence-electron chi connectivity index (χ3n) is 5.92. The van der Waals surface area contributed by atoms with Crippen LogP contribution in [0.5, 0.6) is 5.75 Å². The number of piperazine rings is 1. The van der Waals surface area contributed by atoms with E-state index >= 15 is 0 Å². The van der Waals surface area contributed by atoms with E-state index in [1.165, 1.54) is 0 Å². The lowest BCUT2D eigenvalue weighted by Gasteiger charge is -2.34. The van der Waals surface area contributed by atoms with Crippen LogP contribution >= 0.6 is 11.6 Å². The second kappa shape index (κ2) is 11.3. The number of unbranched alkanes of at least 4 members (excludes halogenated alkanes) is 1. The second-order valence-electron chi connectivity index (χ2n) is 8.32. The number of hydrogen-bond acceptors (Lipinski definition) is 6. The highest BCUT2D eigenvalue weighted by atomic mass is 35.5. The summed E-state index contributed by atoms with van der Waals surface area (Å²) in [5.74, 6) is 1.24. The van der Waals surface area contributed by atoms with Gasteiger partial charge in [-0.3, -0.25) is 4.79 Å². The first-order valence-corrected chi connectivity index (χ1v) is 12.1. The standard InChI is InChI=1S/C26H29ClN4O4/c1-3-4-15-35-26(33)31-13-11-30(12-14-31)25(32)18-5-10-21-22(27)17-24(29-23(21)16-18)28-19-6-8-20(34-2)9-7-19/h5-10,16-17H,3-4,11-15H2,1-2H3,(H,28,29). The predicted octanol–water partition coefficient (Wildman–Crippen LogP) is 5.33. The molecule has 1 aliphatic rings. The third-order valence-corrected chi connectivity index (χ3v) is 6.23. The van der Waals surface area contributed by atoms with Gasteiger partial charge in [-0.25, -0.2) is 9.78 Å². The van der Waals surface area contributed by atoms with Crippen LogP contribution in [0.15, 0.2) is 48.5 Å². The lowest BCUT2D eigenvalue weighted by atomic mass is 10.1. The number of aromatic nitrogens is 1. The predicted molar refractivity (Wildman–Crippen MR) is 137 cm³/mol. The summed E-state index contributed by atoms with van der Waals surface area (Å²) in [6, 6.07) is 14.6. The lowest BCUT2D eigenvalue weighted by Crippen LogP contribution is -2.50. The van der Waals surface area contributed by atoms with Crippen LogP contribution in [0.4, 0.5) is 16.3 Å². The number of fused-ring (bicyclic) bond motifs is 1. The number of ether oxygens (including phenoxy) is 2. The minimum absolute atomic E-state index is 0.0997. The maximum atomic E-state index is 13.2. The summed E-state index contributed by atoms with van der Waals surface area (Å²) in [7, 11) is 1.62. The molecular weight excluding hydrogens is 468 g/mol. The van der Waals surface area contributed by atoms with Crippen molar-refractivity contribution in [1.29, 1.82) is 0 Å². The minimum atomic E-state index is -0.313. The molecule has 9 heteroatoms. The Morgan fingerprint density at radius 3 is 2.43 bits per heavy atom. The van der Waals surface area contributed by atoms with Crippen LogP contribution in [-0.2, 0) is 4.74 Å². The first kappa shape index (κ1) is 24.6. The van der Waals surface area contributed by atoms with Crippen molar-refractivity contribution in [3.8, 4) is 5.75 Å². The van der Waals surface area contributed by atoms with Crippen molar-refractivity contribution in [3.05, 3.63) is 59.1 Å². The topological polar surface area (TPSA) is 84.0 Å². The van der Waals surface area contributed by atoms with Gasteiger partial charge in [-0.2, -0.15) is 0 Å². The number of methoxy groups -OCH3 is 1. The summed E-state index contributed by atoms with van der Waals surface area (Å²) >= 11 is 6.50. The monoisotopic (exact) mass is 496 g/mol. The molecule has 0 saturated carbocycles. The Morgan fingerprint density at radius 1 is 1.03 bits per heavy atom. The van der Waals surface area contributed by atoms with Crippen LogP contribution in [0.2, 0.25) is 5.02 Å². The number of rotatable bonds is 7. The molecule has 2 aromatic carbocycles. The smallest absolute Gasteiger partial charge is 0.409 e. The van der Waals surface area contributed by atoms with E-state index in [1.54, 1.807) is 35.1 Å². The van der Waals surface area contributed by atoms with E-state index in [1.807, 2.05) is 37.3 Å². The van der Waals surface area contributed by atoms with Crippen molar-refractivity contribution in [2.45, 2.75) is 19.8 Å². The van der Waals surface area contributed by atoms with E-state index in [4.69, 9.17) is 21.1 Å². The molecule has 4 rings (SSSR count). The normalized spacial score (nSPS) is 13.6. The number of hydrogen-bond donors (Lipinski definition) is 1. The summed E-state index contributed by atoms with van der Waals surface area (Å²) < 4.78 is 10.5. The van der Waals surface area contributed by atoms with Crippen molar-refractivity contribution < 1.29 is 19.1 Å². The molecule has 184 valence electrons. The van der Waals surface area contributed by atoms with Gasteiger partial charge in [0, 0.05) is 48.9 Å². The van der Waals surface area contributed by atoms with Gasteiger partial charge in [-0.1, -0.05) is 31.0 Å². The van der Waals surface area contributed by atoms with Crippen LogP contribution < -0.4 is 10.1 Å². The number of halogens is 1. The van der Waals surface area contributed by atoms with Crippen LogP contribution in [0.3, 0.4) is 0 Å². The molecule has 35 heavy (non-hydrogen) atoms. The maximum absolute atomic E-state index is 13.2. The molecular formula is C26H29ClN4O4. The van der Waals surface area contributed by atoms with Crippen molar-refractivity contribution in [3.63, 3.8) is 0 Å². The molecule has 0 bridgehead atoms. The van der Waals surface area contributed by atoms with E-state index < -0.39 is 0 Å². The van der Waals surface area contributed by atoms with Gasteiger partial charge >= 0.3 is 6.09 Å². The van der Waals surface area contributed by atoms with Gasteiger partial charge in [-0.05, 0) is 42.8 Å². The Labute approximate surface area is 209 Å². The van der Waals surface area contributed by atoms with Crippen LogP contribution in [-0.4, -0.2) is 66.7 Å². The Morgan fingerprint density at radius 2 is 1.74 bits per heavy atom. The molecule has 2 amide bonds. The van der Waals surface area contributed by atoms with Crippen molar-refractivity contribution in [2.75, 3.05) is 45.2 Å². The zero-order chi connectivity index (χ0) is 24.8. The highest BCUT2D eigenvalue weighted by Crippen LogP contribution is 2.28. The fourth-order valence-corrected chi connectivity index (χ4v) is 4.14. The zero-order valence-electron chi connectivity index (χ0n) is 19.9. The minimum Gasteiger partial charge on any atom is -0.497 e. The molecule has 1 aliphatic heterocycles. The molecule has 2 heterocycles. The Kier molecular flexibility index (Phi) is 7.92. The summed E-state index contributed by atoms with van der Waals surface area (Å²) in [6.07, 6.45) is 1.51. The number of amides is 2. The molecule has 8 nitrogen and oxygen atoms in total. The highest BCUT2D eigenvalue weighted by Gasteiger charge is 2.26. The SMILES string of the molecule is CCCCOC(=O)N1CCN(C(=O)c2ccc3c(Cl)cc(Nc4ccc(OC)cc4)nc3c2)CC1. The first-order chi connectivity index (χ1) is 17.0. The van der Waals surface area contributed by atoms with Crippen molar-refractivity contribution in [2.24, 2.45) is 0 Å². The number of pyridine rings is 1. The molecule has 3 aromatic rings. The van der Waals surface area contributed by atoms with Crippen LogP contribution in [0.25, 0.3) is 10.9 Å². The van der Waals surface area contributed by atoms with E-state index in [0.29, 0.717) is 54.7 Å². The van der Waals surface area contributed by atoms with E-state index in [9.17, 15) is 9.59 Å². The summed E-state index contributed by atoms with van der Waals surface area (Å²) in [5.41, 5.74) is 1.99. The Hall–Kier alpha value is -3.52. The molecule has 0 spiro atoms. The fourth-order valence-electron chi connectivity index (χ4n) is 3.88. The number of nitrogens with zero attached hydrogens (tertiary/aromatic N) is 3.